The Morgan fingerprint density at radius 1 is 1.71 bits per heavy atom. The lowest BCUT2D eigenvalue weighted by Gasteiger charge is -2.05. The number of methoxy groups -OCH3 is 1. The van der Waals surface area contributed by atoms with E-state index in [4.69, 9.17) is 4.74 Å². The van der Waals surface area contributed by atoms with Crippen molar-refractivity contribution in [3.8, 4) is 0 Å². The predicted octanol–water partition coefficient (Wildman–Crippen LogP) is 2.45. The molecular weight excluding hydrogens is 246 g/mol. The van der Waals surface area contributed by atoms with Crippen molar-refractivity contribution in [1.29, 1.82) is 0 Å². The number of nitrogens with zero attached hydrogens (tertiary/aromatic N) is 1. The molecule has 76 valence electrons. The van der Waals surface area contributed by atoms with Gasteiger partial charge in [-0.15, -0.1) is 0 Å². The van der Waals surface area contributed by atoms with E-state index in [0.717, 1.165) is 16.9 Å². The molecule has 0 spiro atoms. The van der Waals surface area contributed by atoms with Gasteiger partial charge in [-0.05, 0) is 40.8 Å². The quantitative estimate of drug-likeness (QED) is 0.780. The first kappa shape index (κ1) is 9.77. The van der Waals surface area contributed by atoms with E-state index in [2.05, 4.69) is 15.9 Å². The van der Waals surface area contributed by atoms with Gasteiger partial charge >= 0.3 is 5.97 Å². The molecule has 1 aliphatic carbocycles. The SMILES string of the molecule is COC(=O)c1cc(Br)cn1CC1CC1. The van der Waals surface area contributed by atoms with Crippen LogP contribution >= 0.6 is 15.9 Å². The highest BCUT2D eigenvalue weighted by Gasteiger charge is 2.24. The molecule has 2 rings (SSSR count). The van der Waals surface area contributed by atoms with Crippen LogP contribution in [0.5, 0.6) is 0 Å². The molecule has 1 saturated carbocycles. The van der Waals surface area contributed by atoms with E-state index in [1.807, 2.05) is 10.8 Å². The van der Waals surface area contributed by atoms with Gasteiger partial charge in [0.2, 0.25) is 0 Å². The molecule has 1 aromatic rings. The number of hydrogen-bond acceptors (Lipinski definition) is 2. The summed E-state index contributed by atoms with van der Waals surface area (Å²) in [5, 5.41) is 0. The van der Waals surface area contributed by atoms with Crippen LogP contribution < -0.4 is 0 Å². The second-order valence-electron chi connectivity index (χ2n) is 3.63. The van der Waals surface area contributed by atoms with Crippen molar-refractivity contribution in [2.45, 2.75) is 19.4 Å². The molecule has 0 saturated heterocycles. The maximum absolute atomic E-state index is 11.4. The van der Waals surface area contributed by atoms with Crippen LogP contribution in [0.3, 0.4) is 0 Å². The fourth-order valence-corrected chi connectivity index (χ4v) is 1.94. The van der Waals surface area contributed by atoms with E-state index in [1.54, 1.807) is 6.07 Å². The Labute approximate surface area is 91.2 Å². The van der Waals surface area contributed by atoms with Gasteiger partial charge < -0.3 is 9.30 Å². The first-order chi connectivity index (χ1) is 6.70. The fraction of sp³-hybridized carbons (Fsp3) is 0.500. The molecule has 1 aliphatic rings. The van der Waals surface area contributed by atoms with Gasteiger partial charge in [0.15, 0.2) is 0 Å². The Morgan fingerprint density at radius 2 is 2.43 bits per heavy atom. The summed E-state index contributed by atoms with van der Waals surface area (Å²) < 4.78 is 7.61. The average Bonchev–Trinajstić information content (AvgIpc) is 2.89. The summed E-state index contributed by atoms with van der Waals surface area (Å²) >= 11 is 3.36. The monoisotopic (exact) mass is 257 g/mol. The van der Waals surface area contributed by atoms with E-state index >= 15 is 0 Å². The average molecular weight is 258 g/mol. The minimum atomic E-state index is -0.267. The number of esters is 1. The van der Waals surface area contributed by atoms with Crippen LogP contribution in [0, 0.1) is 5.92 Å². The molecule has 0 radical (unpaired) electrons. The zero-order valence-electron chi connectivity index (χ0n) is 8.00. The molecule has 1 fully saturated rings. The smallest absolute Gasteiger partial charge is 0.354 e. The fourth-order valence-electron chi connectivity index (χ4n) is 1.48. The van der Waals surface area contributed by atoms with Gasteiger partial charge in [-0.1, -0.05) is 0 Å². The van der Waals surface area contributed by atoms with Crippen molar-refractivity contribution in [3.05, 3.63) is 22.4 Å². The zero-order chi connectivity index (χ0) is 10.1. The standard InChI is InChI=1S/C10H12BrNO2/c1-14-10(13)9-4-8(11)6-12(9)5-7-2-3-7/h4,6-7H,2-3,5H2,1H3. The molecule has 14 heavy (non-hydrogen) atoms. The van der Waals surface area contributed by atoms with Crippen molar-refractivity contribution in [3.63, 3.8) is 0 Å². The summed E-state index contributed by atoms with van der Waals surface area (Å²) in [7, 11) is 1.41. The number of hydrogen-bond donors (Lipinski definition) is 0. The Hall–Kier alpha value is -0.770. The predicted molar refractivity (Wildman–Crippen MR) is 56.2 cm³/mol. The lowest BCUT2D eigenvalue weighted by atomic mass is 10.4. The van der Waals surface area contributed by atoms with Crippen molar-refractivity contribution in [2.24, 2.45) is 5.92 Å². The molecule has 0 N–H and O–H groups in total. The van der Waals surface area contributed by atoms with Gasteiger partial charge in [0.1, 0.15) is 5.69 Å². The van der Waals surface area contributed by atoms with Crippen LogP contribution in [0.1, 0.15) is 23.3 Å². The van der Waals surface area contributed by atoms with Crippen molar-refractivity contribution >= 4 is 21.9 Å². The normalized spacial score (nSPS) is 15.6. The van der Waals surface area contributed by atoms with Crippen molar-refractivity contribution in [2.75, 3.05) is 7.11 Å². The van der Waals surface area contributed by atoms with Gasteiger partial charge in [0.05, 0.1) is 7.11 Å². The van der Waals surface area contributed by atoms with Crippen LogP contribution in [-0.2, 0) is 11.3 Å². The minimum Gasteiger partial charge on any atom is -0.464 e. The molecule has 1 heterocycles. The lowest BCUT2D eigenvalue weighted by Crippen LogP contribution is -2.10. The zero-order valence-corrected chi connectivity index (χ0v) is 9.58. The van der Waals surface area contributed by atoms with Crippen LogP contribution in [0.25, 0.3) is 0 Å². The number of rotatable bonds is 3. The summed E-state index contributed by atoms with van der Waals surface area (Å²) in [6.45, 7) is 0.927. The largest absolute Gasteiger partial charge is 0.464 e. The second kappa shape index (κ2) is 3.77. The van der Waals surface area contributed by atoms with Gasteiger partial charge in [0, 0.05) is 17.2 Å². The summed E-state index contributed by atoms with van der Waals surface area (Å²) in [5.74, 6) is 0.481. The molecular formula is C10H12BrNO2. The second-order valence-corrected chi connectivity index (χ2v) is 4.55. The third-order valence-corrected chi connectivity index (χ3v) is 2.84. The Balaban J connectivity index is 2.22. The first-order valence-corrected chi connectivity index (χ1v) is 5.44. The Kier molecular flexibility index (Phi) is 2.63. The summed E-state index contributed by atoms with van der Waals surface area (Å²) in [6.07, 6.45) is 4.48. The molecule has 0 aliphatic heterocycles. The minimum absolute atomic E-state index is 0.267. The third-order valence-electron chi connectivity index (χ3n) is 2.41. The molecule has 4 heteroatoms. The van der Waals surface area contributed by atoms with E-state index < -0.39 is 0 Å². The third kappa shape index (κ3) is 2.00. The summed E-state index contributed by atoms with van der Waals surface area (Å²) in [4.78, 5) is 11.4. The molecule has 0 amide bonds. The van der Waals surface area contributed by atoms with E-state index in [-0.39, 0.29) is 5.97 Å². The van der Waals surface area contributed by atoms with E-state index in [1.165, 1.54) is 20.0 Å². The van der Waals surface area contributed by atoms with Gasteiger partial charge in [-0.2, -0.15) is 0 Å². The molecule has 0 aromatic carbocycles. The van der Waals surface area contributed by atoms with Crippen LogP contribution in [0.15, 0.2) is 16.7 Å². The topological polar surface area (TPSA) is 31.2 Å². The highest BCUT2D eigenvalue weighted by Crippen LogP contribution is 2.31. The van der Waals surface area contributed by atoms with Crippen molar-refractivity contribution in [1.82, 2.24) is 4.57 Å². The molecule has 1 aromatic heterocycles. The van der Waals surface area contributed by atoms with E-state index in [0.29, 0.717) is 5.69 Å². The molecule has 0 bridgehead atoms. The number of carbonyl (C=O) groups excluding carboxylic acids is 1. The Morgan fingerprint density at radius 3 is 3.00 bits per heavy atom. The summed E-state index contributed by atoms with van der Waals surface area (Å²) in [6, 6.07) is 1.80. The van der Waals surface area contributed by atoms with Gasteiger partial charge in [-0.25, -0.2) is 4.79 Å². The molecule has 0 atom stereocenters. The summed E-state index contributed by atoms with van der Waals surface area (Å²) in [5.41, 5.74) is 0.631. The maximum Gasteiger partial charge on any atom is 0.354 e. The van der Waals surface area contributed by atoms with Gasteiger partial charge in [-0.3, -0.25) is 0 Å². The lowest BCUT2D eigenvalue weighted by molar-refractivity contribution is 0.0588. The molecule has 0 unspecified atom stereocenters. The maximum atomic E-state index is 11.4. The number of carbonyl (C=O) groups is 1. The number of aromatic nitrogens is 1. The first-order valence-electron chi connectivity index (χ1n) is 4.64. The highest BCUT2D eigenvalue weighted by molar-refractivity contribution is 9.10. The van der Waals surface area contributed by atoms with E-state index in [9.17, 15) is 4.79 Å². The van der Waals surface area contributed by atoms with Gasteiger partial charge in [0.25, 0.3) is 0 Å². The number of ether oxygens (including phenoxy) is 1. The number of halogens is 1. The van der Waals surface area contributed by atoms with Crippen LogP contribution in [-0.4, -0.2) is 17.6 Å². The van der Waals surface area contributed by atoms with Crippen molar-refractivity contribution < 1.29 is 9.53 Å². The highest BCUT2D eigenvalue weighted by atomic mass is 79.9. The Bertz CT molecular complexity index is 355. The van der Waals surface area contributed by atoms with Crippen LogP contribution in [0.2, 0.25) is 0 Å². The molecule has 3 nitrogen and oxygen atoms in total. The van der Waals surface area contributed by atoms with Crippen LogP contribution in [0.4, 0.5) is 0 Å².